The second-order valence-corrected chi connectivity index (χ2v) is 9.04. The number of aryl methyl sites for hydroxylation is 1. The SMILES string of the molecule is CC/C(=N/NC(=O)[C@H]1CCCN(S(=O)(=O)c2ccc(C)cc2)C1)C(C)C. The number of hydrogen-bond acceptors (Lipinski definition) is 4. The topological polar surface area (TPSA) is 78.8 Å². The van der Waals surface area contributed by atoms with Crippen molar-refractivity contribution in [2.24, 2.45) is 16.9 Å². The molecule has 0 saturated carbocycles. The summed E-state index contributed by atoms with van der Waals surface area (Å²) in [7, 11) is -3.58. The molecule has 1 aliphatic heterocycles. The number of piperidine rings is 1. The molecule has 1 fully saturated rings. The minimum absolute atomic E-state index is 0.195. The number of sulfonamides is 1. The largest absolute Gasteiger partial charge is 0.273 e. The van der Waals surface area contributed by atoms with E-state index in [2.05, 4.69) is 10.5 Å². The highest BCUT2D eigenvalue weighted by Gasteiger charge is 2.33. The van der Waals surface area contributed by atoms with Crippen LogP contribution < -0.4 is 5.43 Å². The van der Waals surface area contributed by atoms with E-state index in [1.54, 1.807) is 24.3 Å². The number of hydrogen-bond donors (Lipinski definition) is 1. The lowest BCUT2D eigenvalue weighted by molar-refractivity contribution is -0.126. The van der Waals surface area contributed by atoms with E-state index in [0.29, 0.717) is 19.4 Å². The zero-order valence-corrected chi connectivity index (χ0v) is 16.8. The Balaban J connectivity index is 2.08. The van der Waals surface area contributed by atoms with Gasteiger partial charge in [0.2, 0.25) is 15.9 Å². The molecule has 6 nitrogen and oxygen atoms in total. The van der Waals surface area contributed by atoms with E-state index >= 15 is 0 Å². The summed E-state index contributed by atoms with van der Waals surface area (Å²) in [4.78, 5) is 12.7. The molecule has 0 spiro atoms. The summed E-state index contributed by atoms with van der Waals surface area (Å²) in [5.74, 6) is -0.316. The van der Waals surface area contributed by atoms with E-state index in [0.717, 1.165) is 17.7 Å². The lowest BCUT2D eigenvalue weighted by atomic mass is 9.99. The fourth-order valence-corrected chi connectivity index (χ4v) is 4.59. The highest BCUT2D eigenvalue weighted by molar-refractivity contribution is 7.89. The van der Waals surface area contributed by atoms with Gasteiger partial charge in [-0.05, 0) is 44.2 Å². The molecule has 1 aromatic rings. The van der Waals surface area contributed by atoms with Gasteiger partial charge in [0.15, 0.2) is 0 Å². The number of amides is 1. The molecule has 1 heterocycles. The number of nitrogens with one attached hydrogen (secondary N) is 1. The third-order valence-corrected chi connectivity index (χ3v) is 6.63. The standard InChI is InChI=1S/C19H29N3O3S/c1-5-18(14(2)3)20-21-19(23)16-7-6-12-22(13-16)26(24,25)17-10-8-15(4)9-11-17/h8-11,14,16H,5-7,12-13H2,1-4H3,(H,21,23)/b20-18-/t16-/m0/s1. The Bertz CT molecular complexity index is 755. The van der Waals surface area contributed by atoms with Crippen molar-refractivity contribution in [1.82, 2.24) is 9.73 Å². The molecule has 1 atom stereocenters. The highest BCUT2D eigenvalue weighted by atomic mass is 32.2. The van der Waals surface area contributed by atoms with E-state index in [4.69, 9.17) is 0 Å². The quantitative estimate of drug-likeness (QED) is 0.610. The summed E-state index contributed by atoms with van der Waals surface area (Å²) < 4.78 is 27.1. The Morgan fingerprint density at radius 3 is 2.54 bits per heavy atom. The van der Waals surface area contributed by atoms with E-state index in [1.807, 2.05) is 27.7 Å². The number of nitrogens with zero attached hydrogens (tertiary/aromatic N) is 2. The summed E-state index contributed by atoms with van der Waals surface area (Å²) in [6.07, 6.45) is 2.11. The molecule has 1 amide bonds. The van der Waals surface area contributed by atoms with Crippen LogP contribution in [-0.4, -0.2) is 37.4 Å². The van der Waals surface area contributed by atoms with E-state index in [-0.39, 0.29) is 29.2 Å². The summed E-state index contributed by atoms with van der Waals surface area (Å²) >= 11 is 0. The number of rotatable bonds is 6. The Labute approximate surface area is 156 Å². The minimum Gasteiger partial charge on any atom is -0.273 e. The van der Waals surface area contributed by atoms with Crippen molar-refractivity contribution < 1.29 is 13.2 Å². The molecule has 0 aliphatic carbocycles. The highest BCUT2D eigenvalue weighted by Crippen LogP contribution is 2.24. The van der Waals surface area contributed by atoms with Gasteiger partial charge in [-0.25, -0.2) is 13.8 Å². The molecule has 2 rings (SSSR count). The Morgan fingerprint density at radius 2 is 1.96 bits per heavy atom. The van der Waals surface area contributed by atoms with Gasteiger partial charge in [0, 0.05) is 18.8 Å². The molecule has 0 radical (unpaired) electrons. The fourth-order valence-electron chi connectivity index (χ4n) is 3.07. The zero-order chi connectivity index (χ0) is 19.3. The summed E-state index contributed by atoms with van der Waals surface area (Å²) in [5.41, 5.74) is 4.57. The van der Waals surface area contributed by atoms with Crippen LogP contribution in [0.2, 0.25) is 0 Å². The molecular weight excluding hydrogens is 350 g/mol. The Morgan fingerprint density at radius 1 is 1.31 bits per heavy atom. The minimum atomic E-state index is -3.58. The lowest BCUT2D eigenvalue weighted by Gasteiger charge is -2.30. The van der Waals surface area contributed by atoms with E-state index < -0.39 is 10.0 Å². The van der Waals surface area contributed by atoms with Crippen LogP contribution in [0, 0.1) is 18.8 Å². The van der Waals surface area contributed by atoms with Crippen LogP contribution >= 0.6 is 0 Å². The van der Waals surface area contributed by atoms with Crippen LogP contribution in [0.15, 0.2) is 34.3 Å². The Kier molecular flexibility index (Phi) is 6.94. The number of carbonyl (C=O) groups excluding carboxylic acids is 1. The molecule has 0 bridgehead atoms. The molecular formula is C19H29N3O3S. The van der Waals surface area contributed by atoms with Gasteiger partial charge < -0.3 is 0 Å². The number of hydrazone groups is 1. The summed E-state index contributed by atoms with van der Waals surface area (Å²) in [6.45, 7) is 8.62. The second kappa shape index (κ2) is 8.77. The lowest BCUT2D eigenvalue weighted by Crippen LogP contribution is -2.44. The van der Waals surface area contributed by atoms with Gasteiger partial charge in [-0.15, -0.1) is 0 Å². The first kappa shape index (κ1) is 20.6. The Hall–Kier alpha value is -1.73. The van der Waals surface area contributed by atoms with Crippen LogP contribution in [0.25, 0.3) is 0 Å². The summed E-state index contributed by atoms with van der Waals surface area (Å²) in [5, 5.41) is 4.22. The third-order valence-electron chi connectivity index (χ3n) is 4.75. The van der Waals surface area contributed by atoms with Crippen LogP contribution in [0.3, 0.4) is 0 Å². The first-order valence-corrected chi connectivity index (χ1v) is 10.6. The molecule has 1 N–H and O–H groups in total. The maximum atomic E-state index is 12.8. The first-order chi connectivity index (χ1) is 12.3. The van der Waals surface area contributed by atoms with Crippen molar-refractivity contribution in [3.8, 4) is 0 Å². The van der Waals surface area contributed by atoms with Crippen molar-refractivity contribution >= 4 is 21.6 Å². The average molecular weight is 380 g/mol. The molecule has 1 saturated heterocycles. The number of benzene rings is 1. The maximum Gasteiger partial charge on any atom is 0.244 e. The fraction of sp³-hybridized carbons (Fsp3) is 0.579. The monoisotopic (exact) mass is 379 g/mol. The predicted molar refractivity (Wildman–Crippen MR) is 103 cm³/mol. The predicted octanol–water partition coefficient (Wildman–Crippen LogP) is 2.93. The molecule has 26 heavy (non-hydrogen) atoms. The number of carbonyl (C=O) groups is 1. The van der Waals surface area contributed by atoms with Gasteiger partial charge in [-0.1, -0.05) is 38.5 Å². The molecule has 0 unspecified atom stereocenters. The zero-order valence-electron chi connectivity index (χ0n) is 16.0. The average Bonchev–Trinajstić information content (AvgIpc) is 2.62. The van der Waals surface area contributed by atoms with Crippen LogP contribution in [0.5, 0.6) is 0 Å². The van der Waals surface area contributed by atoms with Crippen molar-refractivity contribution in [3.63, 3.8) is 0 Å². The van der Waals surface area contributed by atoms with Gasteiger partial charge in [-0.2, -0.15) is 9.41 Å². The molecule has 1 aromatic carbocycles. The summed E-state index contributed by atoms with van der Waals surface area (Å²) in [6, 6.07) is 6.81. The smallest absolute Gasteiger partial charge is 0.244 e. The maximum absolute atomic E-state index is 12.8. The van der Waals surface area contributed by atoms with Crippen molar-refractivity contribution in [1.29, 1.82) is 0 Å². The molecule has 1 aliphatic rings. The normalized spacial score (nSPS) is 19.6. The molecule has 7 heteroatoms. The van der Waals surface area contributed by atoms with Crippen LogP contribution in [-0.2, 0) is 14.8 Å². The molecule has 0 aromatic heterocycles. The van der Waals surface area contributed by atoms with E-state index in [1.165, 1.54) is 4.31 Å². The molecule has 144 valence electrons. The van der Waals surface area contributed by atoms with Crippen molar-refractivity contribution in [2.75, 3.05) is 13.1 Å². The van der Waals surface area contributed by atoms with Crippen molar-refractivity contribution in [3.05, 3.63) is 29.8 Å². The third kappa shape index (κ3) is 4.92. The van der Waals surface area contributed by atoms with Gasteiger partial charge in [0.05, 0.1) is 10.8 Å². The van der Waals surface area contributed by atoms with Gasteiger partial charge in [0.25, 0.3) is 0 Å². The van der Waals surface area contributed by atoms with Crippen LogP contribution in [0.1, 0.15) is 45.6 Å². The van der Waals surface area contributed by atoms with Gasteiger partial charge >= 0.3 is 0 Å². The first-order valence-electron chi connectivity index (χ1n) is 9.18. The second-order valence-electron chi connectivity index (χ2n) is 7.10. The van der Waals surface area contributed by atoms with Crippen molar-refractivity contribution in [2.45, 2.75) is 51.9 Å². The van der Waals surface area contributed by atoms with Gasteiger partial charge in [-0.3, -0.25) is 4.79 Å². The van der Waals surface area contributed by atoms with Crippen LogP contribution in [0.4, 0.5) is 0 Å². The van der Waals surface area contributed by atoms with Gasteiger partial charge in [0.1, 0.15) is 0 Å². The van der Waals surface area contributed by atoms with E-state index in [9.17, 15) is 13.2 Å².